The Kier molecular flexibility index (Phi) is 9.04. The molecule has 13 nitrogen and oxygen atoms in total. The van der Waals surface area contributed by atoms with Gasteiger partial charge in [0.25, 0.3) is 5.91 Å². The molecule has 13 heteroatoms. The van der Waals surface area contributed by atoms with E-state index in [1.165, 1.54) is 12.7 Å². The number of aryl methyl sites for hydroxylation is 1. The van der Waals surface area contributed by atoms with Crippen LogP contribution in [0.1, 0.15) is 53.0 Å². The van der Waals surface area contributed by atoms with Gasteiger partial charge >= 0.3 is 0 Å². The van der Waals surface area contributed by atoms with Crippen molar-refractivity contribution in [2.75, 3.05) is 38.0 Å². The molecule has 2 amide bonds. The van der Waals surface area contributed by atoms with E-state index < -0.39 is 6.10 Å². The second kappa shape index (κ2) is 13.0. The highest BCUT2D eigenvalue weighted by Gasteiger charge is 2.23. The van der Waals surface area contributed by atoms with Gasteiger partial charge in [0.2, 0.25) is 11.8 Å². The van der Waals surface area contributed by atoms with Gasteiger partial charge < -0.3 is 29.8 Å². The topological polar surface area (TPSA) is 159 Å². The molecule has 1 fully saturated rings. The molecular formula is C28H36N8O5. The Morgan fingerprint density at radius 3 is 2.78 bits per heavy atom. The largest absolute Gasteiger partial charge is 0.469 e. The van der Waals surface area contributed by atoms with Crippen LogP contribution in [-0.2, 0) is 24.4 Å². The molecule has 3 aromatic rings. The SMILES string of the molecule is CC(=O)N1CCC(Nc2cc(C(=O)NC[C@H](O)CN3CCc4nc(OCc5ocnc5C)ccc4C3)ncn2)CC1. The van der Waals surface area contributed by atoms with E-state index in [9.17, 15) is 14.7 Å². The van der Waals surface area contributed by atoms with Crippen LogP contribution >= 0.6 is 0 Å². The number of rotatable bonds is 10. The standard InChI is InChI=1S/C28H36N8O5/c1-18-25(41-17-32-18)15-40-27-4-3-20-13-35(8-7-23(20)34-27)14-22(38)12-29-28(39)24-11-26(31-16-30-24)33-21-5-9-36(10-6-21)19(2)37/h3-4,11,16-17,21-22,38H,5-10,12-15H2,1-2H3,(H,29,39)(H,30,31,33)/t22-/m0/s1. The van der Waals surface area contributed by atoms with E-state index in [-0.39, 0.29) is 36.7 Å². The van der Waals surface area contributed by atoms with Gasteiger partial charge in [-0.3, -0.25) is 14.5 Å². The molecule has 0 radical (unpaired) electrons. The van der Waals surface area contributed by atoms with Crippen molar-refractivity contribution in [1.82, 2.24) is 35.1 Å². The Hall–Kier alpha value is -4.10. The van der Waals surface area contributed by atoms with Crippen molar-refractivity contribution < 1.29 is 23.8 Å². The maximum absolute atomic E-state index is 12.7. The lowest BCUT2D eigenvalue weighted by molar-refractivity contribution is -0.129. The summed E-state index contributed by atoms with van der Waals surface area (Å²) in [5, 5.41) is 16.7. The molecule has 0 aliphatic carbocycles. The summed E-state index contributed by atoms with van der Waals surface area (Å²) < 4.78 is 11.1. The number of amides is 2. The lowest BCUT2D eigenvalue weighted by atomic mass is 10.1. The summed E-state index contributed by atoms with van der Waals surface area (Å²) in [5.41, 5.74) is 3.09. The van der Waals surface area contributed by atoms with E-state index >= 15 is 0 Å². The van der Waals surface area contributed by atoms with Crippen LogP contribution in [0.4, 0.5) is 5.82 Å². The highest BCUT2D eigenvalue weighted by atomic mass is 16.5. The summed E-state index contributed by atoms with van der Waals surface area (Å²) in [5.74, 6) is 1.49. The number of ether oxygens (including phenoxy) is 1. The molecule has 5 rings (SSSR count). The average Bonchev–Trinajstić information content (AvgIpc) is 3.39. The summed E-state index contributed by atoms with van der Waals surface area (Å²) in [4.78, 5) is 45.3. The molecule has 1 atom stereocenters. The number of carbonyl (C=O) groups excluding carboxylic acids is 2. The number of pyridine rings is 1. The lowest BCUT2D eigenvalue weighted by Gasteiger charge is -2.31. The first kappa shape index (κ1) is 28.4. The van der Waals surface area contributed by atoms with Crippen molar-refractivity contribution in [2.45, 2.75) is 58.4 Å². The highest BCUT2D eigenvalue weighted by molar-refractivity contribution is 5.92. The van der Waals surface area contributed by atoms with Crippen LogP contribution in [-0.4, -0.2) is 91.5 Å². The maximum atomic E-state index is 12.7. The second-order valence-electron chi connectivity index (χ2n) is 10.5. The minimum Gasteiger partial charge on any atom is -0.469 e. The molecule has 0 saturated carbocycles. The van der Waals surface area contributed by atoms with E-state index in [1.54, 1.807) is 13.0 Å². The molecular weight excluding hydrogens is 528 g/mol. The van der Waals surface area contributed by atoms with Gasteiger partial charge in [0.15, 0.2) is 12.2 Å². The fourth-order valence-electron chi connectivity index (χ4n) is 5.07. The van der Waals surface area contributed by atoms with Crippen molar-refractivity contribution in [2.24, 2.45) is 0 Å². The van der Waals surface area contributed by atoms with Crippen LogP contribution in [0.25, 0.3) is 0 Å². The molecule has 41 heavy (non-hydrogen) atoms. The molecule has 0 unspecified atom stereocenters. The van der Waals surface area contributed by atoms with E-state index in [0.29, 0.717) is 43.6 Å². The number of anilines is 1. The number of nitrogens with one attached hydrogen (secondary N) is 2. The van der Waals surface area contributed by atoms with E-state index in [4.69, 9.17) is 9.15 Å². The van der Waals surface area contributed by atoms with Crippen molar-refractivity contribution in [3.63, 3.8) is 0 Å². The van der Waals surface area contributed by atoms with E-state index in [1.807, 2.05) is 24.0 Å². The fraction of sp³-hybridized carbons (Fsp3) is 0.500. The molecule has 1 saturated heterocycles. The average molecular weight is 565 g/mol. The first-order valence-corrected chi connectivity index (χ1v) is 13.9. The molecule has 2 aliphatic heterocycles. The Morgan fingerprint density at radius 2 is 2.02 bits per heavy atom. The summed E-state index contributed by atoms with van der Waals surface area (Å²) in [6, 6.07) is 5.62. The van der Waals surface area contributed by atoms with Crippen LogP contribution in [0.15, 0.2) is 35.3 Å². The Bertz CT molecular complexity index is 1360. The number of aromatic nitrogens is 4. The van der Waals surface area contributed by atoms with Gasteiger partial charge in [0.05, 0.1) is 17.5 Å². The number of oxazole rings is 1. The van der Waals surface area contributed by atoms with E-state index in [0.717, 1.165) is 42.8 Å². The number of nitrogens with zero attached hydrogens (tertiary/aromatic N) is 6. The van der Waals surface area contributed by atoms with Crippen LogP contribution in [0.3, 0.4) is 0 Å². The predicted molar refractivity (Wildman–Crippen MR) is 148 cm³/mol. The minimum atomic E-state index is -0.743. The summed E-state index contributed by atoms with van der Waals surface area (Å²) >= 11 is 0. The summed E-state index contributed by atoms with van der Waals surface area (Å²) in [6.45, 7) is 7.02. The van der Waals surface area contributed by atoms with Crippen LogP contribution in [0.2, 0.25) is 0 Å². The van der Waals surface area contributed by atoms with Gasteiger partial charge in [0, 0.05) is 70.8 Å². The number of β-amino-alcohol motifs (C(OH)–C–C–N with tert-alkyl or cyclic N) is 1. The van der Waals surface area contributed by atoms with Crippen molar-refractivity contribution in [3.05, 3.63) is 59.3 Å². The van der Waals surface area contributed by atoms with Crippen molar-refractivity contribution in [1.29, 1.82) is 0 Å². The molecule has 0 spiro atoms. The number of hydrogen-bond donors (Lipinski definition) is 3. The molecule has 5 heterocycles. The zero-order valence-electron chi connectivity index (χ0n) is 23.4. The van der Waals surface area contributed by atoms with E-state index in [2.05, 4.69) is 35.5 Å². The van der Waals surface area contributed by atoms with Gasteiger partial charge in [-0.1, -0.05) is 6.07 Å². The second-order valence-corrected chi connectivity index (χ2v) is 10.5. The van der Waals surface area contributed by atoms with Gasteiger partial charge in [-0.2, -0.15) is 0 Å². The first-order chi connectivity index (χ1) is 19.8. The third-order valence-corrected chi connectivity index (χ3v) is 7.46. The highest BCUT2D eigenvalue weighted by Crippen LogP contribution is 2.22. The van der Waals surface area contributed by atoms with Crippen LogP contribution in [0.5, 0.6) is 5.88 Å². The third kappa shape index (κ3) is 7.55. The zero-order chi connectivity index (χ0) is 28.8. The monoisotopic (exact) mass is 564 g/mol. The van der Waals surface area contributed by atoms with Crippen molar-refractivity contribution >= 4 is 17.6 Å². The Balaban J connectivity index is 1.05. The maximum Gasteiger partial charge on any atom is 0.270 e. The van der Waals surface area contributed by atoms with Crippen molar-refractivity contribution in [3.8, 4) is 5.88 Å². The normalized spacial score (nSPS) is 16.6. The third-order valence-electron chi connectivity index (χ3n) is 7.46. The number of aliphatic hydroxyl groups excluding tert-OH is 1. The van der Waals surface area contributed by atoms with Gasteiger partial charge in [0.1, 0.15) is 24.4 Å². The summed E-state index contributed by atoms with van der Waals surface area (Å²) in [6.07, 6.45) is 4.36. The van der Waals surface area contributed by atoms with Crippen LogP contribution < -0.4 is 15.4 Å². The smallest absolute Gasteiger partial charge is 0.270 e. The fourth-order valence-corrected chi connectivity index (χ4v) is 5.07. The van der Waals surface area contributed by atoms with Gasteiger partial charge in [-0.15, -0.1) is 0 Å². The lowest BCUT2D eigenvalue weighted by Crippen LogP contribution is -2.42. The predicted octanol–water partition coefficient (Wildman–Crippen LogP) is 1.32. The molecule has 0 aromatic carbocycles. The molecule has 3 N–H and O–H groups in total. The number of fused-ring (bicyclic) bond motifs is 1. The zero-order valence-corrected chi connectivity index (χ0v) is 23.4. The Labute approximate surface area is 238 Å². The quantitative estimate of drug-likeness (QED) is 0.326. The van der Waals surface area contributed by atoms with Crippen LogP contribution in [0, 0.1) is 6.92 Å². The number of aliphatic hydroxyl groups is 1. The number of likely N-dealkylation sites (tertiary alicyclic amines) is 1. The molecule has 2 aliphatic rings. The van der Waals surface area contributed by atoms with Gasteiger partial charge in [-0.05, 0) is 25.3 Å². The van der Waals surface area contributed by atoms with Gasteiger partial charge in [-0.25, -0.2) is 19.9 Å². The Morgan fingerprint density at radius 1 is 1.20 bits per heavy atom. The number of hydrogen-bond acceptors (Lipinski definition) is 11. The molecule has 3 aromatic heterocycles. The molecule has 0 bridgehead atoms. The summed E-state index contributed by atoms with van der Waals surface area (Å²) in [7, 11) is 0. The minimum absolute atomic E-state index is 0.0867. The number of carbonyl (C=O) groups is 2. The first-order valence-electron chi connectivity index (χ1n) is 13.9. The molecule has 218 valence electrons. The number of piperidine rings is 1.